The van der Waals surface area contributed by atoms with Crippen molar-refractivity contribution in [3.63, 3.8) is 0 Å². The van der Waals surface area contributed by atoms with Gasteiger partial charge in [0.2, 0.25) is 0 Å². The number of nitrogens with one attached hydrogen (secondary N) is 1. The first-order valence-corrected chi connectivity index (χ1v) is 8.74. The first-order chi connectivity index (χ1) is 12.9. The van der Waals surface area contributed by atoms with Gasteiger partial charge >= 0.3 is 11.9 Å². The molecule has 27 heavy (non-hydrogen) atoms. The van der Waals surface area contributed by atoms with Crippen molar-refractivity contribution < 1.29 is 34.0 Å². The minimum absolute atomic E-state index is 0.0970. The Morgan fingerprint density at radius 2 is 2.26 bits per heavy atom. The van der Waals surface area contributed by atoms with E-state index in [1.807, 2.05) is 12.1 Å². The van der Waals surface area contributed by atoms with Gasteiger partial charge < -0.3 is 29.7 Å². The zero-order valence-corrected chi connectivity index (χ0v) is 15.0. The Morgan fingerprint density at radius 3 is 2.93 bits per heavy atom. The molecular formula is C19H23NO7. The normalized spacial score (nSPS) is 22.1. The van der Waals surface area contributed by atoms with Gasteiger partial charge in [-0.3, -0.25) is 4.79 Å². The van der Waals surface area contributed by atoms with Gasteiger partial charge in [0.05, 0.1) is 13.5 Å². The molecule has 8 nitrogen and oxygen atoms in total. The third kappa shape index (κ3) is 4.06. The molecule has 0 radical (unpaired) electrons. The lowest BCUT2D eigenvalue weighted by atomic mass is 9.86. The van der Waals surface area contributed by atoms with Crippen LogP contribution < -0.4 is 14.8 Å². The molecule has 4 atom stereocenters. The summed E-state index contributed by atoms with van der Waals surface area (Å²) in [4.78, 5) is 22.5. The average Bonchev–Trinajstić information content (AvgIpc) is 2.99. The standard InChI is InChI=1S/C19H23NO7/c1-3-11(26-19(24)14(21)7-17(22)23)5-15-13-9-20-8-10-4-12(25-2)6-16(27-15)18(10)13/h3-4,6,11,13-15,20-21H,1,5,7-9H2,2H3,(H,22,23). The van der Waals surface area contributed by atoms with E-state index in [0.29, 0.717) is 6.42 Å². The fraction of sp³-hybridized carbons (Fsp3) is 0.474. The number of carboxylic acids is 1. The van der Waals surface area contributed by atoms with E-state index < -0.39 is 30.6 Å². The molecule has 2 aliphatic heterocycles. The van der Waals surface area contributed by atoms with Crippen molar-refractivity contribution in [2.45, 2.75) is 43.6 Å². The minimum atomic E-state index is -1.71. The molecule has 3 N–H and O–H groups in total. The zero-order valence-electron chi connectivity index (χ0n) is 15.0. The van der Waals surface area contributed by atoms with Crippen LogP contribution in [0.15, 0.2) is 24.8 Å². The maximum Gasteiger partial charge on any atom is 0.336 e. The van der Waals surface area contributed by atoms with Crippen molar-refractivity contribution >= 4 is 11.9 Å². The fourth-order valence-electron chi connectivity index (χ4n) is 3.58. The summed E-state index contributed by atoms with van der Waals surface area (Å²) in [5.41, 5.74) is 2.26. The molecule has 2 aliphatic rings. The van der Waals surface area contributed by atoms with E-state index in [0.717, 1.165) is 35.7 Å². The number of ether oxygens (including phenoxy) is 3. The second-order valence-corrected chi connectivity index (χ2v) is 6.65. The summed E-state index contributed by atoms with van der Waals surface area (Å²) < 4.78 is 16.6. The van der Waals surface area contributed by atoms with Crippen LogP contribution in [0.25, 0.3) is 0 Å². The maximum atomic E-state index is 11.9. The van der Waals surface area contributed by atoms with Gasteiger partial charge in [-0.2, -0.15) is 0 Å². The van der Waals surface area contributed by atoms with Crippen molar-refractivity contribution in [1.29, 1.82) is 0 Å². The van der Waals surface area contributed by atoms with Crippen molar-refractivity contribution in [3.8, 4) is 11.5 Å². The molecule has 146 valence electrons. The SMILES string of the molecule is C=CC(CC1Oc2cc(OC)cc3c2C1CNC3)OC(=O)C(O)CC(=O)O. The van der Waals surface area contributed by atoms with Gasteiger partial charge in [0, 0.05) is 37.1 Å². The van der Waals surface area contributed by atoms with Crippen LogP contribution >= 0.6 is 0 Å². The summed E-state index contributed by atoms with van der Waals surface area (Å²) in [5, 5.41) is 21.6. The number of aliphatic carboxylic acids is 1. The number of hydrogen-bond acceptors (Lipinski definition) is 7. The molecule has 0 bridgehead atoms. The number of carbonyl (C=O) groups excluding carboxylic acids is 1. The van der Waals surface area contributed by atoms with E-state index in [1.165, 1.54) is 6.08 Å². The van der Waals surface area contributed by atoms with Gasteiger partial charge in [-0.05, 0) is 11.6 Å². The van der Waals surface area contributed by atoms with Crippen LogP contribution in [0.4, 0.5) is 0 Å². The van der Waals surface area contributed by atoms with Gasteiger partial charge in [0.1, 0.15) is 23.7 Å². The fourth-order valence-corrected chi connectivity index (χ4v) is 3.58. The van der Waals surface area contributed by atoms with Crippen molar-refractivity contribution in [3.05, 3.63) is 35.9 Å². The van der Waals surface area contributed by atoms with E-state index >= 15 is 0 Å². The quantitative estimate of drug-likeness (QED) is 0.454. The summed E-state index contributed by atoms with van der Waals surface area (Å²) in [6.45, 7) is 5.13. The highest BCUT2D eigenvalue weighted by Crippen LogP contribution is 2.45. The highest BCUT2D eigenvalue weighted by Gasteiger charge is 2.40. The molecule has 0 saturated carbocycles. The first kappa shape index (κ1) is 19.2. The second kappa shape index (κ2) is 7.98. The zero-order chi connectivity index (χ0) is 19.6. The lowest BCUT2D eigenvalue weighted by Crippen LogP contribution is -2.36. The number of aliphatic hydroxyl groups excluding tert-OH is 1. The number of benzene rings is 1. The Morgan fingerprint density at radius 1 is 1.48 bits per heavy atom. The molecule has 0 aromatic heterocycles. The largest absolute Gasteiger partial charge is 0.497 e. The molecule has 1 aromatic carbocycles. The predicted molar refractivity (Wildman–Crippen MR) is 94.8 cm³/mol. The van der Waals surface area contributed by atoms with Gasteiger partial charge in [0.25, 0.3) is 0 Å². The number of hydrogen-bond donors (Lipinski definition) is 3. The second-order valence-electron chi connectivity index (χ2n) is 6.65. The topological polar surface area (TPSA) is 114 Å². The van der Waals surface area contributed by atoms with E-state index in [2.05, 4.69) is 11.9 Å². The van der Waals surface area contributed by atoms with E-state index in [9.17, 15) is 14.7 Å². The van der Waals surface area contributed by atoms with Crippen molar-refractivity contribution in [2.75, 3.05) is 13.7 Å². The van der Waals surface area contributed by atoms with Crippen LogP contribution in [0.2, 0.25) is 0 Å². The van der Waals surface area contributed by atoms with Gasteiger partial charge in [-0.15, -0.1) is 0 Å². The first-order valence-electron chi connectivity index (χ1n) is 8.74. The van der Waals surface area contributed by atoms with Crippen LogP contribution in [0.5, 0.6) is 11.5 Å². The molecule has 3 rings (SSSR count). The number of rotatable bonds is 8. The Hall–Kier alpha value is -2.58. The summed E-state index contributed by atoms with van der Waals surface area (Å²) in [5.74, 6) is -0.683. The van der Waals surface area contributed by atoms with Crippen LogP contribution in [0.1, 0.15) is 29.9 Å². The molecule has 1 aromatic rings. The lowest BCUT2D eigenvalue weighted by Gasteiger charge is -2.27. The van der Waals surface area contributed by atoms with E-state index in [4.69, 9.17) is 19.3 Å². The monoisotopic (exact) mass is 377 g/mol. The molecule has 2 heterocycles. The Balaban J connectivity index is 1.70. The highest BCUT2D eigenvalue weighted by molar-refractivity contribution is 5.80. The molecule has 8 heteroatoms. The van der Waals surface area contributed by atoms with Crippen LogP contribution in [-0.4, -0.2) is 54.1 Å². The number of carbonyl (C=O) groups is 2. The van der Waals surface area contributed by atoms with Crippen LogP contribution in [0, 0.1) is 0 Å². The predicted octanol–water partition coefficient (Wildman–Crippen LogP) is 0.966. The molecule has 0 fully saturated rings. The van der Waals surface area contributed by atoms with Gasteiger partial charge in [0.15, 0.2) is 6.10 Å². The molecule has 0 saturated heterocycles. The summed E-state index contributed by atoms with van der Waals surface area (Å²) >= 11 is 0. The smallest absolute Gasteiger partial charge is 0.336 e. The number of methoxy groups -OCH3 is 1. The number of aliphatic hydroxyl groups is 1. The van der Waals surface area contributed by atoms with Gasteiger partial charge in [-0.25, -0.2) is 4.79 Å². The maximum absolute atomic E-state index is 11.9. The van der Waals surface area contributed by atoms with Crippen LogP contribution in [-0.2, 0) is 20.9 Å². The number of esters is 1. The Labute approximate surface area is 156 Å². The summed E-state index contributed by atoms with van der Waals surface area (Å²) in [6, 6.07) is 3.83. The Bertz CT molecular complexity index is 748. The molecule has 0 amide bonds. The third-order valence-corrected chi connectivity index (χ3v) is 4.85. The lowest BCUT2D eigenvalue weighted by molar-refractivity contribution is -0.161. The molecular weight excluding hydrogens is 354 g/mol. The Kier molecular flexibility index (Phi) is 5.67. The van der Waals surface area contributed by atoms with Gasteiger partial charge in [-0.1, -0.05) is 12.7 Å². The van der Waals surface area contributed by atoms with E-state index in [1.54, 1.807) is 7.11 Å². The molecule has 0 aliphatic carbocycles. The van der Waals surface area contributed by atoms with Crippen molar-refractivity contribution in [2.24, 2.45) is 0 Å². The average molecular weight is 377 g/mol. The van der Waals surface area contributed by atoms with E-state index in [-0.39, 0.29) is 12.0 Å². The third-order valence-electron chi connectivity index (χ3n) is 4.85. The summed E-state index contributed by atoms with van der Waals surface area (Å²) in [6.07, 6.45) is -1.56. The molecule has 4 unspecified atom stereocenters. The molecule has 0 spiro atoms. The highest BCUT2D eigenvalue weighted by atomic mass is 16.6. The van der Waals surface area contributed by atoms with Crippen LogP contribution in [0.3, 0.4) is 0 Å². The summed E-state index contributed by atoms with van der Waals surface area (Å²) in [7, 11) is 1.60. The minimum Gasteiger partial charge on any atom is -0.497 e. The van der Waals surface area contributed by atoms with Crippen molar-refractivity contribution in [1.82, 2.24) is 5.32 Å². The number of carboxylic acid groups (broad SMARTS) is 1.